The molecule has 0 radical (unpaired) electrons. The molecule has 1 rings (SSSR count). The van der Waals surface area contributed by atoms with Crippen LogP contribution in [-0.2, 0) is 0 Å². The Morgan fingerprint density at radius 2 is 1.80 bits per heavy atom. The van der Waals surface area contributed by atoms with Crippen LogP contribution in [0.15, 0.2) is 0 Å². The molecule has 4 N–H and O–H groups in total. The average Bonchev–Trinajstić information content (AvgIpc) is 1.84. The second-order valence-electron chi connectivity index (χ2n) is 3.18. The molecule has 0 saturated heterocycles. The lowest BCUT2D eigenvalue weighted by molar-refractivity contribution is 0.0417. The summed E-state index contributed by atoms with van der Waals surface area (Å²) in [5.74, 6) is 0.336. The molecule has 60 valence electrons. The fourth-order valence-corrected chi connectivity index (χ4v) is 1.29. The van der Waals surface area contributed by atoms with Crippen LogP contribution in [0.4, 0.5) is 0 Å². The minimum atomic E-state index is -0.710. The molecule has 1 aliphatic carbocycles. The zero-order valence-electron chi connectivity index (χ0n) is 6.08. The molecule has 0 aliphatic heterocycles. The van der Waals surface area contributed by atoms with Crippen molar-refractivity contribution >= 4 is 0 Å². The summed E-state index contributed by atoms with van der Waals surface area (Å²) in [5, 5.41) is 17.7. The van der Waals surface area contributed by atoms with Crippen molar-refractivity contribution in [3.05, 3.63) is 0 Å². The van der Waals surface area contributed by atoms with Gasteiger partial charge in [-0.2, -0.15) is 0 Å². The normalized spacial score (nSPS) is 20.7. The maximum absolute atomic E-state index is 8.84. The lowest BCUT2D eigenvalue weighted by atomic mass is 9.72. The molecule has 3 heteroatoms. The Morgan fingerprint density at radius 1 is 1.30 bits per heavy atom. The largest absolute Gasteiger partial charge is 0.394 e. The molecular weight excluding hydrogens is 130 g/mol. The molecule has 0 spiro atoms. The first-order chi connectivity index (χ1) is 4.73. The molecule has 0 amide bonds. The predicted octanol–water partition coefficient (Wildman–Crippen LogP) is -0.531. The van der Waals surface area contributed by atoms with Gasteiger partial charge in [-0.1, -0.05) is 6.42 Å². The molecule has 0 atom stereocenters. The van der Waals surface area contributed by atoms with Crippen molar-refractivity contribution in [1.82, 2.24) is 0 Å². The van der Waals surface area contributed by atoms with E-state index in [-0.39, 0.29) is 13.2 Å². The number of rotatable bonds is 3. The third-order valence-electron chi connectivity index (χ3n) is 2.51. The maximum Gasteiger partial charge on any atom is 0.0651 e. The zero-order valence-corrected chi connectivity index (χ0v) is 6.08. The molecule has 1 aliphatic rings. The van der Waals surface area contributed by atoms with Gasteiger partial charge in [-0.15, -0.1) is 0 Å². The smallest absolute Gasteiger partial charge is 0.0651 e. The topological polar surface area (TPSA) is 66.5 Å². The van der Waals surface area contributed by atoms with E-state index in [1.165, 1.54) is 6.42 Å². The van der Waals surface area contributed by atoms with Crippen molar-refractivity contribution in [3.8, 4) is 0 Å². The van der Waals surface area contributed by atoms with Crippen LogP contribution in [0.25, 0.3) is 0 Å². The van der Waals surface area contributed by atoms with Gasteiger partial charge < -0.3 is 15.9 Å². The number of aliphatic hydroxyl groups is 2. The standard InChI is InChI=1S/C7H15NO2/c8-7(4-9,5-10)6-2-1-3-6/h6,9-10H,1-5,8H2. The van der Waals surface area contributed by atoms with Gasteiger partial charge >= 0.3 is 0 Å². The first-order valence-electron chi connectivity index (χ1n) is 3.73. The van der Waals surface area contributed by atoms with Crippen LogP contribution in [0.1, 0.15) is 19.3 Å². The summed E-state index contributed by atoms with van der Waals surface area (Å²) in [7, 11) is 0. The summed E-state index contributed by atoms with van der Waals surface area (Å²) >= 11 is 0. The Morgan fingerprint density at radius 3 is 1.90 bits per heavy atom. The van der Waals surface area contributed by atoms with E-state index >= 15 is 0 Å². The van der Waals surface area contributed by atoms with Crippen molar-refractivity contribution in [2.24, 2.45) is 11.7 Å². The number of hydrogen-bond donors (Lipinski definition) is 3. The summed E-state index contributed by atoms with van der Waals surface area (Å²) in [6.07, 6.45) is 3.29. The average molecular weight is 145 g/mol. The molecule has 1 fully saturated rings. The van der Waals surface area contributed by atoms with Gasteiger partial charge in [0.25, 0.3) is 0 Å². The Bertz CT molecular complexity index is 108. The minimum Gasteiger partial charge on any atom is -0.394 e. The predicted molar refractivity (Wildman–Crippen MR) is 38.4 cm³/mol. The molecule has 0 aromatic carbocycles. The summed E-state index contributed by atoms with van der Waals surface area (Å²) in [6.45, 7) is -0.206. The molecule has 0 unspecified atom stereocenters. The summed E-state index contributed by atoms with van der Waals surface area (Å²) in [4.78, 5) is 0. The van der Waals surface area contributed by atoms with Gasteiger partial charge in [0, 0.05) is 0 Å². The van der Waals surface area contributed by atoms with Gasteiger partial charge in [0.1, 0.15) is 0 Å². The highest BCUT2D eigenvalue weighted by Gasteiger charge is 2.37. The van der Waals surface area contributed by atoms with Crippen LogP contribution in [0.3, 0.4) is 0 Å². The van der Waals surface area contributed by atoms with E-state index in [9.17, 15) is 0 Å². The van der Waals surface area contributed by atoms with Gasteiger partial charge in [0.05, 0.1) is 18.8 Å². The Kier molecular flexibility index (Phi) is 2.28. The van der Waals surface area contributed by atoms with Crippen molar-refractivity contribution < 1.29 is 10.2 Å². The monoisotopic (exact) mass is 145 g/mol. The third-order valence-corrected chi connectivity index (χ3v) is 2.51. The molecule has 1 saturated carbocycles. The lowest BCUT2D eigenvalue weighted by Crippen LogP contribution is -2.55. The maximum atomic E-state index is 8.84. The van der Waals surface area contributed by atoms with Gasteiger partial charge in [0.2, 0.25) is 0 Å². The Balaban J connectivity index is 2.44. The fraction of sp³-hybridized carbons (Fsp3) is 1.00. The molecular formula is C7H15NO2. The van der Waals surface area contributed by atoms with E-state index in [1.807, 2.05) is 0 Å². The molecule has 0 aromatic rings. The highest BCUT2D eigenvalue weighted by Crippen LogP contribution is 2.34. The Labute approximate surface area is 60.9 Å². The minimum absolute atomic E-state index is 0.103. The first-order valence-corrected chi connectivity index (χ1v) is 3.73. The molecule has 0 aromatic heterocycles. The van der Waals surface area contributed by atoms with Crippen LogP contribution < -0.4 is 5.73 Å². The van der Waals surface area contributed by atoms with Gasteiger partial charge in [-0.25, -0.2) is 0 Å². The number of hydrogen-bond acceptors (Lipinski definition) is 3. The van der Waals surface area contributed by atoms with E-state index in [0.717, 1.165) is 12.8 Å². The zero-order chi connectivity index (χ0) is 7.61. The van der Waals surface area contributed by atoms with Crippen molar-refractivity contribution in [2.45, 2.75) is 24.8 Å². The quantitative estimate of drug-likeness (QED) is 0.500. The summed E-state index contributed by atoms with van der Waals surface area (Å²) < 4.78 is 0. The van der Waals surface area contributed by atoms with E-state index in [4.69, 9.17) is 15.9 Å². The van der Waals surface area contributed by atoms with E-state index in [2.05, 4.69) is 0 Å². The van der Waals surface area contributed by atoms with E-state index < -0.39 is 5.54 Å². The number of nitrogens with two attached hydrogens (primary N) is 1. The van der Waals surface area contributed by atoms with Gasteiger partial charge in [0.15, 0.2) is 0 Å². The van der Waals surface area contributed by atoms with Crippen LogP contribution in [0.2, 0.25) is 0 Å². The van der Waals surface area contributed by atoms with Crippen LogP contribution in [-0.4, -0.2) is 29.0 Å². The van der Waals surface area contributed by atoms with E-state index in [1.54, 1.807) is 0 Å². The second-order valence-corrected chi connectivity index (χ2v) is 3.18. The molecule has 0 bridgehead atoms. The van der Waals surface area contributed by atoms with Crippen molar-refractivity contribution in [3.63, 3.8) is 0 Å². The molecule has 0 heterocycles. The van der Waals surface area contributed by atoms with E-state index in [0.29, 0.717) is 5.92 Å². The summed E-state index contributed by atoms with van der Waals surface area (Å²) in [5.41, 5.74) is 4.99. The third kappa shape index (κ3) is 1.17. The fourth-order valence-electron chi connectivity index (χ4n) is 1.29. The highest BCUT2D eigenvalue weighted by atomic mass is 16.3. The van der Waals surface area contributed by atoms with Crippen LogP contribution in [0.5, 0.6) is 0 Å². The van der Waals surface area contributed by atoms with Crippen molar-refractivity contribution in [2.75, 3.05) is 13.2 Å². The SMILES string of the molecule is NC(CO)(CO)C1CCC1. The summed E-state index contributed by atoms with van der Waals surface area (Å²) in [6, 6.07) is 0. The van der Waals surface area contributed by atoms with Crippen molar-refractivity contribution in [1.29, 1.82) is 0 Å². The Hall–Kier alpha value is -0.120. The van der Waals surface area contributed by atoms with Gasteiger partial charge in [-0.3, -0.25) is 0 Å². The second kappa shape index (κ2) is 2.86. The van der Waals surface area contributed by atoms with Crippen LogP contribution in [0, 0.1) is 5.92 Å². The lowest BCUT2D eigenvalue weighted by Gasteiger charge is -2.40. The highest BCUT2D eigenvalue weighted by molar-refractivity contribution is 4.94. The van der Waals surface area contributed by atoms with Crippen LogP contribution >= 0.6 is 0 Å². The molecule has 3 nitrogen and oxygen atoms in total. The van der Waals surface area contributed by atoms with Gasteiger partial charge in [-0.05, 0) is 18.8 Å². The molecule has 10 heavy (non-hydrogen) atoms. The first kappa shape index (κ1) is 7.98. The number of aliphatic hydroxyl groups excluding tert-OH is 2.